The Morgan fingerprint density at radius 3 is 2.62 bits per heavy atom. The highest BCUT2D eigenvalue weighted by molar-refractivity contribution is 5.96. The van der Waals surface area contributed by atoms with Gasteiger partial charge in [0, 0.05) is 5.69 Å². The van der Waals surface area contributed by atoms with Crippen LogP contribution >= 0.6 is 0 Å². The van der Waals surface area contributed by atoms with E-state index in [4.69, 9.17) is 9.47 Å². The molecule has 0 bridgehead atoms. The molecule has 1 atom stereocenters. The summed E-state index contributed by atoms with van der Waals surface area (Å²) in [5, 5.41) is 6.12. The number of para-hydroxylation sites is 1. The first-order chi connectivity index (χ1) is 11.7. The summed E-state index contributed by atoms with van der Waals surface area (Å²) in [6.07, 6.45) is 0.980. The summed E-state index contributed by atoms with van der Waals surface area (Å²) < 4.78 is 11.2. The highest BCUT2D eigenvalue weighted by Gasteiger charge is 2.19. The first-order valence-corrected chi connectivity index (χ1v) is 8.22. The van der Waals surface area contributed by atoms with Gasteiger partial charge in [0.05, 0.1) is 5.69 Å². The summed E-state index contributed by atoms with van der Waals surface area (Å²) in [5.41, 5.74) is 2.80. The number of benzene rings is 2. The second-order valence-electron chi connectivity index (χ2n) is 5.74. The topological polar surface area (TPSA) is 59.6 Å². The van der Waals surface area contributed by atoms with E-state index in [1.54, 1.807) is 0 Å². The van der Waals surface area contributed by atoms with Crippen molar-refractivity contribution in [2.45, 2.75) is 26.3 Å². The van der Waals surface area contributed by atoms with E-state index in [2.05, 4.69) is 17.6 Å². The van der Waals surface area contributed by atoms with Gasteiger partial charge in [0.25, 0.3) is 0 Å². The van der Waals surface area contributed by atoms with Crippen LogP contribution in [0, 0.1) is 0 Å². The van der Waals surface area contributed by atoms with Crippen LogP contribution in [0.25, 0.3) is 0 Å². The molecular formula is C19H22N2O3. The van der Waals surface area contributed by atoms with Crippen molar-refractivity contribution in [2.75, 3.05) is 23.8 Å². The minimum absolute atomic E-state index is 0.103. The van der Waals surface area contributed by atoms with Crippen LogP contribution in [0.1, 0.15) is 19.4 Å². The fourth-order valence-electron chi connectivity index (χ4n) is 2.56. The summed E-state index contributed by atoms with van der Waals surface area (Å²) in [4.78, 5) is 12.4. The zero-order valence-electron chi connectivity index (χ0n) is 14.0. The Labute approximate surface area is 142 Å². The minimum atomic E-state index is -0.409. The maximum Gasteiger partial charge on any atom is 0.246 e. The van der Waals surface area contributed by atoms with Crippen molar-refractivity contribution in [3.05, 3.63) is 48.0 Å². The number of amides is 1. The first kappa shape index (κ1) is 16.2. The predicted octanol–water partition coefficient (Wildman–Crippen LogP) is 3.46. The molecule has 2 N–H and O–H groups in total. The van der Waals surface area contributed by atoms with E-state index < -0.39 is 6.04 Å². The van der Waals surface area contributed by atoms with Crippen LogP contribution in [0.15, 0.2) is 42.5 Å². The Hall–Kier alpha value is -2.69. The number of aryl methyl sites for hydroxylation is 1. The molecular weight excluding hydrogens is 304 g/mol. The third-order valence-corrected chi connectivity index (χ3v) is 3.96. The maximum atomic E-state index is 12.4. The molecule has 1 heterocycles. The average molecular weight is 326 g/mol. The molecule has 1 amide bonds. The van der Waals surface area contributed by atoms with Crippen LogP contribution < -0.4 is 20.1 Å². The number of rotatable bonds is 5. The maximum absolute atomic E-state index is 12.4. The van der Waals surface area contributed by atoms with Gasteiger partial charge >= 0.3 is 0 Å². The lowest BCUT2D eigenvalue weighted by Crippen LogP contribution is -2.32. The zero-order chi connectivity index (χ0) is 16.9. The molecule has 126 valence electrons. The molecule has 0 fully saturated rings. The van der Waals surface area contributed by atoms with Gasteiger partial charge in [-0.05, 0) is 43.2 Å². The van der Waals surface area contributed by atoms with Crippen molar-refractivity contribution in [3.63, 3.8) is 0 Å². The van der Waals surface area contributed by atoms with Crippen molar-refractivity contribution in [1.82, 2.24) is 0 Å². The Morgan fingerprint density at radius 2 is 1.88 bits per heavy atom. The van der Waals surface area contributed by atoms with E-state index in [1.807, 2.05) is 49.4 Å². The molecule has 0 saturated heterocycles. The van der Waals surface area contributed by atoms with Gasteiger partial charge in [0.2, 0.25) is 5.91 Å². The van der Waals surface area contributed by atoms with Gasteiger partial charge in [-0.3, -0.25) is 4.79 Å². The van der Waals surface area contributed by atoms with Gasteiger partial charge in [-0.15, -0.1) is 0 Å². The van der Waals surface area contributed by atoms with Crippen LogP contribution in [-0.2, 0) is 11.2 Å². The molecule has 5 heteroatoms. The first-order valence-electron chi connectivity index (χ1n) is 8.22. The number of carbonyl (C=O) groups is 1. The lowest BCUT2D eigenvalue weighted by atomic mass is 10.1. The summed E-state index contributed by atoms with van der Waals surface area (Å²) in [6, 6.07) is 13.1. The van der Waals surface area contributed by atoms with Crippen molar-refractivity contribution in [3.8, 4) is 11.5 Å². The standard InChI is InChI=1S/C19H22N2O3/c1-3-14-7-9-15(10-8-14)21-19(22)13(2)20-16-5-4-6-17-18(16)24-12-11-23-17/h4-10,13,20H,3,11-12H2,1-2H3,(H,21,22)/t13-/m0/s1. The third kappa shape index (κ3) is 3.62. The molecule has 0 radical (unpaired) electrons. The number of anilines is 2. The largest absolute Gasteiger partial charge is 0.486 e. The summed E-state index contributed by atoms with van der Waals surface area (Å²) in [7, 11) is 0. The summed E-state index contributed by atoms with van der Waals surface area (Å²) >= 11 is 0. The molecule has 1 aliphatic heterocycles. The number of hydrogen-bond acceptors (Lipinski definition) is 4. The normalized spacial score (nSPS) is 13.9. The van der Waals surface area contributed by atoms with Gasteiger partial charge in [0.15, 0.2) is 11.5 Å². The quantitative estimate of drug-likeness (QED) is 0.883. The SMILES string of the molecule is CCc1ccc(NC(=O)[C@H](C)Nc2cccc3c2OCCO3)cc1. The molecule has 0 spiro atoms. The van der Waals surface area contributed by atoms with E-state index in [9.17, 15) is 4.79 Å². The molecule has 2 aromatic carbocycles. The van der Waals surface area contributed by atoms with Crippen LogP contribution in [0.3, 0.4) is 0 Å². The Balaban J connectivity index is 1.66. The van der Waals surface area contributed by atoms with Crippen LogP contribution in [0.4, 0.5) is 11.4 Å². The molecule has 0 aromatic heterocycles. The van der Waals surface area contributed by atoms with Crippen molar-refractivity contribution in [1.29, 1.82) is 0 Å². The molecule has 0 aliphatic carbocycles. The lowest BCUT2D eigenvalue weighted by molar-refractivity contribution is -0.116. The van der Waals surface area contributed by atoms with Gasteiger partial charge in [-0.2, -0.15) is 0 Å². The number of ether oxygens (including phenoxy) is 2. The summed E-state index contributed by atoms with van der Waals surface area (Å²) in [6.45, 7) is 4.97. The number of fused-ring (bicyclic) bond motifs is 1. The number of nitrogens with one attached hydrogen (secondary N) is 2. The molecule has 0 saturated carbocycles. The second kappa shape index (κ2) is 7.25. The highest BCUT2D eigenvalue weighted by atomic mass is 16.6. The van der Waals surface area contributed by atoms with Gasteiger partial charge in [-0.25, -0.2) is 0 Å². The van der Waals surface area contributed by atoms with Gasteiger partial charge < -0.3 is 20.1 Å². The van der Waals surface area contributed by atoms with E-state index in [0.29, 0.717) is 24.7 Å². The highest BCUT2D eigenvalue weighted by Crippen LogP contribution is 2.37. The number of hydrogen-bond donors (Lipinski definition) is 2. The van der Waals surface area contributed by atoms with Crippen LogP contribution in [-0.4, -0.2) is 25.2 Å². The van der Waals surface area contributed by atoms with Crippen LogP contribution in [0.2, 0.25) is 0 Å². The van der Waals surface area contributed by atoms with Crippen molar-refractivity contribution < 1.29 is 14.3 Å². The fourth-order valence-corrected chi connectivity index (χ4v) is 2.56. The molecule has 2 aromatic rings. The summed E-state index contributed by atoms with van der Waals surface area (Å²) in [5.74, 6) is 1.26. The molecule has 0 unspecified atom stereocenters. The van der Waals surface area contributed by atoms with Crippen LogP contribution in [0.5, 0.6) is 11.5 Å². The van der Waals surface area contributed by atoms with Gasteiger partial charge in [0.1, 0.15) is 19.3 Å². The Bertz CT molecular complexity index is 713. The van der Waals surface area contributed by atoms with E-state index in [-0.39, 0.29) is 5.91 Å². The smallest absolute Gasteiger partial charge is 0.246 e. The average Bonchev–Trinajstić information content (AvgIpc) is 2.62. The second-order valence-corrected chi connectivity index (χ2v) is 5.74. The predicted molar refractivity (Wildman–Crippen MR) is 95.0 cm³/mol. The molecule has 1 aliphatic rings. The third-order valence-electron chi connectivity index (χ3n) is 3.96. The molecule has 24 heavy (non-hydrogen) atoms. The van der Waals surface area contributed by atoms with E-state index >= 15 is 0 Å². The van der Waals surface area contributed by atoms with E-state index in [0.717, 1.165) is 17.8 Å². The lowest BCUT2D eigenvalue weighted by Gasteiger charge is -2.23. The molecule has 5 nitrogen and oxygen atoms in total. The zero-order valence-corrected chi connectivity index (χ0v) is 14.0. The van der Waals surface area contributed by atoms with Crippen molar-refractivity contribution >= 4 is 17.3 Å². The monoisotopic (exact) mass is 326 g/mol. The van der Waals surface area contributed by atoms with Gasteiger partial charge in [-0.1, -0.05) is 25.1 Å². The Kier molecular flexibility index (Phi) is 4.89. The minimum Gasteiger partial charge on any atom is -0.486 e. The van der Waals surface area contributed by atoms with Crippen molar-refractivity contribution in [2.24, 2.45) is 0 Å². The fraction of sp³-hybridized carbons (Fsp3) is 0.316. The van der Waals surface area contributed by atoms with E-state index in [1.165, 1.54) is 5.56 Å². The molecule has 3 rings (SSSR count). The number of carbonyl (C=O) groups excluding carboxylic acids is 1. The Morgan fingerprint density at radius 1 is 1.12 bits per heavy atom.